The third kappa shape index (κ3) is 2.55. The van der Waals surface area contributed by atoms with Crippen LogP contribution in [-0.2, 0) is 20.1 Å². The summed E-state index contributed by atoms with van der Waals surface area (Å²) in [4.78, 5) is 29.4. The molecule has 0 radical (unpaired) electrons. The molecule has 2 fully saturated rings. The van der Waals surface area contributed by atoms with Gasteiger partial charge in [-0.3, -0.25) is 9.59 Å². The van der Waals surface area contributed by atoms with Crippen LogP contribution in [0.5, 0.6) is 0 Å². The van der Waals surface area contributed by atoms with Gasteiger partial charge >= 0.3 is 0 Å². The number of benzene rings is 1. The molecular weight excluding hydrogens is 320 g/mol. The average molecular weight is 344 g/mol. The van der Waals surface area contributed by atoms with E-state index in [0.717, 1.165) is 38.0 Å². The molecule has 2 saturated heterocycles. The molecule has 0 saturated carbocycles. The SMILES string of the molecule is CCCN1C(=O)C2(OCCO2)c2cc(C(=O)N3CCCCC3)ccc21. The van der Waals surface area contributed by atoms with Crippen LogP contribution in [0.1, 0.15) is 48.5 Å². The minimum Gasteiger partial charge on any atom is -0.339 e. The first-order valence-corrected chi connectivity index (χ1v) is 9.21. The minimum atomic E-state index is -1.36. The molecule has 0 bridgehead atoms. The highest BCUT2D eigenvalue weighted by Crippen LogP contribution is 2.46. The third-order valence-corrected chi connectivity index (χ3v) is 5.20. The molecule has 3 aliphatic heterocycles. The highest BCUT2D eigenvalue weighted by Gasteiger charge is 2.56. The molecule has 6 heteroatoms. The molecule has 1 aromatic carbocycles. The molecule has 1 spiro atoms. The van der Waals surface area contributed by atoms with Gasteiger partial charge in [-0.05, 0) is 43.9 Å². The zero-order valence-corrected chi connectivity index (χ0v) is 14.6. The van der Waals surface area contributed by atoms with E-state index in [2.05, 4.69) is 0 Å². The van der Waals surface area contributed by atoms with Gasteiger partial charge in [0.1, 0.15) is 0 Å². The van der Waals surface area contributed by atoms with Crippen molar-refractivity contribution in [2.24, 2.45) is 0 Å². The Morgan fingerprint density at radius 2 is 1.88 bits per heavy atom. The number of piperidine rings is 1. The lowest BCUT2D eigenvalue weighted by Gasteiger charge is -2.27. The van der Waals surface area contributed by atoms with Gasteiger partial charge in [0.05, 0.1) is 18.9 Å². The molecule has 3 heterocycles. The third-order valence-electron chi connectivity index (χ3n) is 5.20. The Kier molecular flexibility index (Phi) is 4.25. The first kappa shape index (κ1) is 16.5. The second-order valence-corrected chi connectivity index (χ2v) is 6.86. The fraction of sp³-hybridized carbons (Fsp3) is 0.579. The van der Waals surface area contributed by atoms with Crippen molar-refractivity contribution in [1.29, 1.82) is 0 Å². The molecule has 0 aliphatic carbocycles. The van der Waals surface area contributed by atoms with Crippen LogP contribution >= 0.6 is 0 Å². The van der Waals surface area contributed by atoms with Crippen molar-refractivity contribution in [3.8, 4) is 0 Å². The molecule has 134 valence electrons. The van der Waals surface area contributed by atoms with Crippen molar-refractivity contribution in [2.75, 3.05) is 37.7 Å². The molecule has 6 nitrogen and oxygen atoms in total. The maximum atomic E-state index is 12.9. The van der Waals surface area contributed by atoms with Crippen molar-refractivity contribution in [3.05, 3.63) is 29.3 Å². The Labute approximate surface area is 147 Å². The summed E-state index contributed by atoms with van der Waals surface area (Å²) in [5.74, 6) is -1.51. The van der Waals surface area contributed by atoms with Crippen LogP contribution in [0.15, 0.2) is 18.2 Å². The zero-order chi connectivity index (χ0) is 17.4. The number of ether oxygens (including phenoxy) is 2. The monoisotopic (exact) mass is 344 g/mol. The predicted molar refractivity (Wildman–Crippen MR) is 92.4 cm³/mol. The molecule has 1 aromatic rings. The Morgan fingerprint density at radius 3 is 2.56 bits per heavy atom. The summed E-state index contributed by atoms with van der Waals surface area (Å²) in [6, 6.07) is 5.48. The Hall–Kier alpha value is -1.92. The van der Waals surface area contributed by atoms with E-state index in [1.165, 1.54) is 6.42 Å². The second-order valence-electron chi connectivity index (χ2n) is 6.86. The van der Waals surface area contributed by atoms with Gasteiger partial charge < -0.3 is 19.3 Å². The summed E-state index contributed by atoms with van der Waals surface area (Å²) in [6.07, 6.45) is 4.13. The summed E-state index contributed by atoms with van der Waals surface area (Å²) in [6.45, 7) is 5.01. The van der Waals surface area contributed by atoms with Gasteiger partial charge in [0, 0.05) is 30.8 Å². The standard InChI is InChI=1S/C19H24N2O4/c1-2-8-21-16-7-6-14(17(22)20-9-4-3-5-10-20)13-15(16)19(18(21)23)24-11-12-25-19/h6-7,13H,2-5,8-12H2,1H3. The lowest BCUT2D eigenvalue weighted by molar-refractivity contribution is -0.180. The predicted octanol–water partition coefficient (Wildman–Crippen LogP) is 2.27. The quantitative estimate of drug-likeness (QED) is 0.844. The Morgan fingerprint density at radius 1 is 1.16 bits per heavy atom. The fourth-order valence-electron chi connectivity index (χ4n) is 3.99. The van der Waals surface area contributed by atoms with Crippen molar-refractivity contribution >= 4 is 17.5 Å². The fourth-order valence-corrected chi connectivity index (χ4v) is 3.99. The van der Waals surface area contributed by atoms with Gasteiger partial charge in [-0.1, -0.05) is 6.92 Å². The van der Waals surface area contributed by atoms with Crippen LogP contribution < -0.4 is 4.90 Å². The number of hydrogen-bond acceptors (Lipinski definition) is 4. The smallest absolute Gasteiger partial charge is 0.292 e. The van der Waals surface area contributed by atoms with E-state index in [4.69, 9.17) is 9.47 Å². The summed E-state index contributed by atoms with van der Waals surface area (Å²) >= 11 is 0. The molecule has 25 heavy (non-hydrogen) atoms. The summed E-state index contributed by atoms with van der Waals surface area (Å²) in [7, 11) is 0. The number of fused-ring (bicyclic) bond motifs is 2. The Bertz CT molecular complexity index is 691. The van der Waals surface area contributed by atoms with Gasteiger partial charge in [0.2, 0.25) is 0 Å². The molecule has 0 atom stereocenters. The number of carbonyl (C=O) groups is 2. The molecule has 4 rings (SSSR count). The Balaban J connectivity index is 1.72. The van der Waals surface area contributed by atoms with Crippen molar-refractivity contribution < 1.29 is 19.1 Å². The van der Waals surface area contributed by atoms with Gasteiger partial charge in [0.25, 0.3) is 17.6 Å². The van der Waals surface area contributed by atoms with E-state index < -0.39 is 5.79 Å². The van der Waals surface area contributed by atoms with E-state index in [0.29, 0.717) is 30.9 Å². The number of likely N-dealkylation sites (tertiary alicyclic amines) is 1. The first-order chi connectivity index (χ1) is 12.2. The highest BCUT2D eigenvalue weighted by molar-refractivity contribution is 6.07. The van der Waals surface area contributed by atoms with Gasteiger partial charge in [0.15, 0.2) is 0 Å². The van der Waals surface area contributed by atoms with Gasteiger partial charge in [-0.15, -0.1) is 0 Å². The second kappa shape index (κ2) is 6.42. The number of amides is 2. The molecule has 3 aliphatic rings. The van der Waals surface area contributed by atoms with E-state index in [1.54, 1.807) is 11.0 Å². The van der Waals surface area contributed by atoms with E-state index >= 15 is 0 Å². The van der Waals surface area contributed by atoms with Crippen molar-refractivity contribution in [1.82, 2.24) is 4.90 Å². The molecule has 0 N–H and O–H groups in total. The number of nitrogens with zero attached hydrogens (tertiary/aromatic N) is 2. The average Bonchev–Trinajstić information content (AvgIpc) is 3.23. The van der Waals surface area contributed by atoms with Gasteiger partial charge in [-0.2, -0.15) is 0 Å². The largest absolute Gasteiger partial charge is 0.339 e. The minimum absolute atomic E-state index is 0.0250. The maximum Gasteiger partial charge on any atom is 0.292 e. The normalized spacial score (nSPS) is 21.9. The zero-order valence-electron chi connectivity index (χ0n) is 14.6. The highest BCUT2D eigenvalue weighted by atomic mass is 16.7. The van der Waals surface area contributed by atoms with E-state index in [-0.39, 0.29) is 11.8 Å². The summed E-state index contributed by atoms with van der Waals surface area (Å²) < 4.78 is 11.5. The summed E-state index contributed by atoms with van der Waals surface area (Å²) in [5, 5.41) is 0. The number of anilines is 1. The number of rotatable bonds is 3. The van der Waals surface area contributed by atoms with Crippen LogP contribution in [0.4, 0.5) is 5.69 Å². The van der Waals surface area contributed by atoms with E-state index in [1.807, 2.05) is 24.0 Å². The molecule has 2 amide bonds. The lowest BCUT2D eigenvalue weighted by Crippen LogP contribution is -2.41. The van der Waals surface area contributed by atoms with Crippen molar-refractivity contribution in [2.45, 2.75) is 38.4 Å². The van der Waals surface area contributed by atoms with Crippen LogP contribution in [0, 0.1) is 0 Å². The first-order valence-electron chi connectivity index (χ1n) is 9.21. The molecule has 0 aromatic heterocycles. The maximum absolute atomic E-state index is 12.9. The van der Waals surface area contributed by atoms with Crippen molar-refractivity contribution in [3.63, 3.8) is 0 Å². The number of carbonyl (C=O) groups excluding carboxylic acids is 2. The van der Waals surface area contributed by atoms with E-state index in [9.17, 15) is 9.59 Å². The lowest BCUT2D eigenvalue weighted by atomic mass is 10.0. The van der Waals surface area contributed by atoms with Crippen LogP contribution in [0.3, 0.4) is 0 Å². The van der Waals surface area contributed by atoms with Gasteiger partial charge in [-0.25, -0.2) is 0 Å². The molecular formula is C19H24N2O4. The van der Waals surface area contributed by atoms with Crippen LogP contribution in [-0.4, -0.2) is 49.6 Å². The van der Waals surface area contributed by atoms with Crippen LogP contribution in [0.2, 0.25) is 0 Å². The summed E-state index contributed by atoms with van der Waals surface area (Å²) in [5.41, 5.74) is 2.07. The van der Waals surface area contributed by atoms with Crippen LogP contribution in [0.25, 0.3) is 0 Å². The molecule has 0 unspecified atom stereocenters. The number of hydrogen-bond donors (Lipinski definition) is 0. The topological polar surface area (TPSA) is 59.1 Å².